The lowest BCUT2D eigenvalue weighted by Crippen LogP contribution is -2.08. The first-order valence-electron chi connectivity index (χ1n) is 5.33. The number of nitrogens with zero attached hydrogens (tertiary/aromatic N) is 4. The summed E-state index contributed by atoms with van der Waals surface area (Å²) in [6.07, 6.45) is 0. The van der Waals surface area contributed by atoms with E-state index in [1.807, 2.05) is 25.1 Å². The minimum Gasteiger partial charge on any atom is -0.399 e. The summed E-state index contributed by atoms with van der Waals surface area (Å²) >= 11 is 0. The number of nitrogens with two attached hydrogens (primary N) is 1. The van der Waals surface area contributed by atoms with Crippen LogP contribution in [0.3, 0.4) is 0 Å². The molecule has 0 aliphatic rings. The Balaban J connectivity index is 2.35. The molecule has 2 N–H and O–H groups in total. The van der Waals surface area contributed by atoms with E-state index in [0.717, 1.165) is 11.1 Å². The molecule has 17 heavy (non-hydrogen) atoms. The quantitative estimate of drug-likeness (QED) is 0.793. The molecule has 0 radical (unpaired) electrons. The zero-order valence-corrected chi connectivity index (χ0v) is 9.92. The van der Waals surface area contributed by atoms with Gasteiger partial charge in [-0.25, -0.2) is 4.68 Å². The van der Waals surface area contributed by atoms with E-state index < -0.39 is 0 Å². The van der Waals surface area contributed by atoms with Crippen LogP contribution in [-0.4, -0.2) is 33.9 Å². The number of anilines is 1. The van der Waals surface area contributed by atoms with Crippen LogP contribution < -0.4 is 5.73 Å². The van der Waals surface area contributed by atoms with Crippen molar-refractivity contribution in [1.82, 2.24) is 20.2 Å². The maximum absolute atomic E-state index is 5.81. The molecular formula is C11H15N5O. The number of rotatable bonds is 4. The molecule has 6 heteroatoms. The van der Waals surface area contributed by atoms with E-state index in [9.17, 15) is 0 Å². The minimum absolute atomic E-state index is 0.569. The molecule has 2 aromatic rings. The van der Waals surface area contributed by atoms with E-state index in [4.69, 9.17) is 10.5 Å². The number of benzene rings is 1. The van der Waals surface area contributed by atoms with Crippen LogP contribution in [0.25, 0.3) is 11.4 Å². The molecule has 0 fully saturated rings. The maximum atomic E-state index is 5.81. The Morgan fingerprint density at radius 1 is 1.35 bits per heavy atom. The Hall–Kier alpha value is -1.95. The van der Waals surface area contributed by atoms with E-state index in [1.165, 1.54) is 0 Å². The molecule has 0 atom stereocenters. The molecule has 0 spiro atoms. The molecule has 1 heterocycles. The number of methoxy groups -OCH3 is 1. The van der Waals surface area contributed by atoms with Gasteiger partial charge >= 0.3 is 0 Å². The number of nitrogen functional groups attached to an aromatic ring is 1. The second-order valence-corrected chi connectivity index (χ2v) is 3.85. The molecule has 0 bridgehead atoms. The Kier molecular flexibility index (Phi) is 3.34. The Morgan fingerprint density at radius 3 is 2.88 bits per heavy atom. The smallest absolute Gasteiger partial charge is 0.182 e. The van der Waals surface area contributed by atoms with E-state index in [-0.39, 0.29) is 0 Å². The molecule has 0 amide bonds. The van der Waals surface area contributed by atoms with Crippen LogP contribution in [0.1, 0.15) is 5.56 Å². The molecule has 1 aromatic carbocycles. The van der Waals surface area contributed by atoms with Crippen molar-refractivity contribution in [3.05, 3.63) is 23.8 Å². The molecule has 90 valence electrons. The van der Waals surface area contributed by atoms with Gasteiger partial charge in [0.05, 0.1) is 13.2 Å². The van der Waals surface area contributed by atoms with E-state index in [1.54, 1.807) is 11.8 Å². The molecule has 6 nitrogen and oxygen atoms in total. The fourth-order valence-electron chi connectivity index (χ4n) is 1.68. The third-order valence-corrected chi connectivity index (χ3v) is 2.40. The van der Waals surface area contributed by atoms with Crippen LogP contribution in [0.15, 0.2) is 18.2 Å². The number of hydrogen-bond acceptors (Lipinski definition) is 5. The highest BCUT2D eigenvalue weighted by molar-refractivity contribution is 5.62. The summed E-state index contributed by atoms with van der Waals surface area (Å²) in [6.45, 7) is 3.18. The Bertz CT molecular complexity index is 488. The summed E-state index contributed by atoms with van der Waals surface area (Å²) in [5, 5.41) is 11.6. The molecule has 0 saturated heterocycles. The minimum atomic E-state index is 0.569. The van der Waals surface area contributed by atoms with Crippen LogP contribution in [0.4, 0.5) is 5.69 Å². The summed E-state index contributed by atoms with van der Waals surface area (Å²) in [5.74, 6) is 0.706. The van der Waals surface area contributed by atoms with Gasteiger partial charge in [0, 0.05) is 18.4 Å². The maximum Gasteiger partial charge on any atom is 0.182 e. The second-order valence-electron chi connectivity index (χ2n) is 3.85. The van der Waals surface area contributed by atoms with Crippen molar-refractivity contribution < 1.29 is 4.74 Å². The summed E-state index contributed by atoms with van der Waals surface area (Å²) < 4.78 is 6.72. The van der Waals surface area contributed by atoms with Crippen molar-refractivity contribution in [1.29, 1.82) is 0 Å². The topological polar surface area (TPSA) is 78.8 Å². The molecule has 0 unspecified atom stereocenters. The highest BCUT2D eigenvalue weighted by Gasteiger charge is 2.09. The van der Waals surface area contributed by atoms with Crippen molar-refractivity contribution in [2.75, 3.05) is 19.5 Å². The van der Waals surface area contributed by atoms with Crippen molar-refractivity contribution in [2.45, 2.75) is 13.5 Å². The number of aromatic nitrogens is 4. The van der Waals surface area contributed by atoms with Gasteiger partial charge in [-0.1, -0.05) is 0 Å². The van der Waals surface area contributed by atoms with Gasteiger partial charge in [0.1, 0.15) is 0 Å². The van der Waals surface area contributed by atoms with Crippen molar-refractivity contribution in [3.8, 4) is 11.4 Å². The zero-order chi connectivity index (χ0) is 12.3. The summed E-state index contributed by atoms with van der Waals surface area (Å²) in [7, 11) is 1.65. The lowest BCUT2D eigenvalue weighted by atomic mass is 10.1. The van der Waals surface area contributed by atoms with Gasteiger partial charge in [0.25, 0.3) is 0 Å². The fourth-order valence-corrected chi connectivity index (χ4v) is 1.68. The van der Waals surface area contributed by atoms with Crippen LogP contribution in [0, 0.1) is 6.92 Å². The van der Waals surface area contributed by atoms with Gasteiger partial charge in [-0.05, 0) is 41.1 Å². The van der Waals surface area contributed by atoms with Crippen molar-refractivity contribution in [3.63, 3.8) is 0 Å². The molecule has 0 aliphatic carbocycles. The van der Waals surface area contributed by atoms with Gasteiger partial charge in [-0.15, -0.1) is 5.10 Å². The highest BCUT2D eigenvalue weighted by atomic mass is 16.5. The van der Waals surface area contributed by atoms with Gasteiger partial charge in [0.2, 0.25) is 0 Å². The first-order valence-corrected chi connectivity index (χ1v) is 5.33. The summed E-state index contributed by atoms with van der Waals surface area (Å²) in [5.41, 5.74) is 8.53. The number of aryl methyl sites for hydroxylation is 1. The SMILES string of the molecule is COCCn1nnnc1-c1cc(C)cc(N)c1. The monoisotopic (exact) mass is 233 g/mol. The second kappa shape index (κ2) is 4.92. The highest BCUT2D eigenvalue weighted by Crippen LogP contribution is 2.20. The average Bonchev–Trinajstić information content (AvgIpc) is 2.73. The standard InChI is InChI=1S/C11H15N5O/c1-8-5-9(7-10(12)6-8)11-13-14-15-16(11)3-4-17-2/h5-7H,3-4,12H2,1-2H3. The Morgan fingerprint density at radius 2 is 2.18 bits per heavy atom. The van der Waals surface area contributed by atoms with Gasteiger partial charge in [0.15, 0.2) is 5.82 Å². The first-order chi connectivity index (χ1) is 8.20. The molecule has 0 aliphatic heterocycles. The molecule has 0 saturated carbocycles. The van der Waals surface area contributed by atoms with Gasteiger partial charge in [-0.2, -0.15) is 0 Å². The van der Waals surface area contributed by atoms with Crippen LogP contribution >= 0.6 is 0 Å². The number of tetrazole rings is 1. The number of ether oxygens (including phenoxy) is 1. The van der Waals surface area contributed by atoms with Crippen LogP contribution in [-0.2, 0) is 11.3 Å². The molecule has 1 aromatic heterocycles. The molecule has 2 rings (SSSR count). The van der Waals surface area contributed by atoms with Crippen LogP contribution in [0.2, 0.25) is 0 Å². The summed E-state index contributed by atoms with van der Waals surface area (Å²) in [6, 6.07) is 5.78. The fraction of sp³-hybridized carbons (Fsp3) is 0.364. The average molecular weight is 233 g/mol. The predicted octanol–water partition coefficient (Wildman–Crippen LogP) is 0.877. The first kappa shape index (κ1) is 11.5. The van der Waals surface area contributed by atoms with Crippen molar-refractivity contribution >= 4 is 5.69 Å². The lowest BCUT2D eigenvalue weighted by Gasteiger charge is -2.05. The van der Waals surface area contributed by atoms with E-state index >= 15 is 0 Å². The lowest BCUT2D eigenvalue weighted by molar-refractivity contribution is 0.183. The number of hydrogen-bond donors (Lipinski definition) is 1. The summed E-state index contributed by atoms with van der Waals surface area (Å²) in [4.78, 5) is 0. The third kappa shape index (κ3) is 2.59. The molecular weight excluding hydrogens is 218 g/mol. The van der Waals surface area contributed by atoms with E-state index in [0.29, 0.717) is 24.7 Å². The largest absolute Gasteiger partial charge is 0.399 e. The van der Waals surface area contributed by atoms with E-state index in [2.05, 4.69) is 15.5 Å². The normalized spacial score (nSPS) is 10.7. The Labute approximate surface area is 99.4 Å². The predicted molar refractivity (Wildman–Crippen MR) is 64.3 cm³/mol. The van der Waals surface area contributed by atoms with Crippen molar-refractivity contribution in [2.24, 2.45) is 0 Å². The van der Waals surface area contributed by atoms with Crippen LogP contribution in [0.5, 0.6) is 0 Å². The zero-order valence-electron chi connectivity index (χ0n) is 9.92. The van der Waals surface area contributed by atoms with Gasteiger partial charge in [-0.3, -0.25) is 0 Å². The third-order valence-electron chi connectivity index (χ3n) is 2.40. The van der Waals surface area contributed by atoms with Gasteiger partial charge < -0.3 is 10.5 Å².